The minimum Gasteiger partial charge on any atom is -0.352 e. The maximum atomic E-state index is 12.2. The third kappa shape index (κ3) is 3.68. The minimum absolute atomic E-state index is 0.0382. The van der Waals surface area contributed by atoms with Crippen LogP contribution in [0.3, 0.4) is 0 Å². The maximum Gasteiger partial charge on any atom is 0.226 e. The lowest BCUT2D eigenvalue weighted by atomic mass is 10.00. The van der Waals surface area contributed by atoms with E-state index in [1.54, 1.807) is 0 Å². The van der Waals surface area contributed by atoms with E-state index in [0.29, 0.717) is 12.4 Å². The molecule has 0 fully saturated rings. The standard InChI is InChI=1S/C17H19N5OS/c1-10-4-11(2)14(12(3)5-10)7-18-15(23)6-13-8-24-17(21-13)16-19-9-20-22-16/h4-5,8-9H,6-7H2,1-3H3,(H,18,23)(H,19,20,22). The second kappa shape index (κ2) is 6.92. The molecule has 0 saturated carbocycles. The van der Waals surface area contributed by atoms with Gasteiger partial charge in [-0.15, -0.1) is 11.3 Å². The summed E-state index contributed by atoms with van der Waals surface area (Å²) in [6.07, 6.45) is 1.70. The highest BCUT2D eigenvalue weighted by atomic mass is 32.1. The Bertz CT molecular complexity index is 831. The molecule has 0 atom stereocenters. The zero-order chi connectivity index (χ0) is 17.1. The first kappa shape index (κ1) is 16.3. The number of nitrogens with one attached hydrogen (secondary N) is 2. The summed E-state index contributed by atoms with van der Waals surface area (Å²) in [4.78, 5) is 20.7. The van der Waals surface area contributed by atoms with Crippen LogP contribution in [0, 0.1) is 20.8 Å². The smallest absolute Gasteiger partial charge is 0.226 e. The predicted molar refractivity (Wildman–Crippen MR) is 93.7 cm³/mol. The minimum atomic E-state index is -0.0382. The molecule has 2 aromatic heterocycles. The first-order valence-electron chi connectivity index (χ1n) is 7.66. The molecule has 3 aromatic rings. The molecule has 1 amide bonds. The molecule has 0 radical (unpaired) electrons. The Morgan fingerprint density at radius 1 is 1.25 bits per heavy atom. The molecule has 1 aromatic carbocycles. The van der Waals surface area contributed by atoms with Gasteiger partial charge in [0, 0.05) is 11.9 Å². The van der Waals surface area contributed by atoms with E-state index in [2.05, 4.69) is 58.4 Å². The zero-order valence-corrected chi connectivity index (χ0v) is 14.7. The number of aromatic amines is 1. The summed E-state index contributed by atoms with van der Waals surface area (Å²) in [5, 5.41) is 12.2. The number of benzene rings is 1. The average Bonchev–Trinajstić information content (AvgIpc) is 3.16. The lowest BCUT2D eigenvalue weighted by molar-refractivity contribution is -0.120. The van der Waals surface area contributed by atoms with Gasteiger partial charge < -0.3 is 5.32 Å². The van der Waals surface area contributed by atoms with Crippen LogP contribution in [0.15, 0.2) is 23.8 Å². The van der Waals surface area contributed by atoms with Gasteiger partial charge in [-0.3, -0.25) is 9.89 Å². The van der Waals surface area contributed by atoms with Gasteiger partial charge in [-0.2, -0.15) is 5.10 Å². The lowest BCUT2D eigenvalue weighted by Gasteiger charge is -2.12. The maximum absolute atomic E-state index is 12.2. The van der Waals surface area contributed by atoms with Crippen molar-refractivity contribution in [3.8, 4) is 10.8 Å². The van der Waals surface area contributed by atoms with Crippen LogP contribution >= 0.6 is 11.3 Å². The van der Waals surface area contributed by atoms with Crippen LogP contribution < -0.4 is 5.32 Å². The van der Waals surface area contributed by atoms with Gasteiger partial charge in [-0.05, 0) is 37.5 Å². The fourth-order valence-electron chi connectivity index (χ4n) is 2.71. The highest BCUT2D eigenvalue weighted by Gasteiger charge is 2.11. The molecule has 0 aliphatic heterocycles. The number of H-pyrrole nitrogens is 1. The van der Waals surface area contributed by atoms with Crippen molar-refractivity contribution in [2.45, 2.75) is 33.7 Å². The molecule has 0 aliphatic carbocycles. The number of carbonyl (C=O) groups is 1. The number of rotatable bonds is 5. The molecular weight excluding hydrogens is 322 g/mol. The summed E-state index contributed by atoms with van der Waals surface area (Å²) in [5.74, 6) is 0.585. The number of nitrogens with zero attached hydrogens (tertiary/aromatic N) is 3. The summed E-state index contributed by atoms with van der Waals surface area (Å²) in [5.41, 5.74) is 5.56. The van der Waals surface area contributed by atoms with Crippen LogP contribution in [0.5, 0.6) is 0 Å². The number of hydrogen-bond acceptors (Lipinski definition) is 5. The SMILES string of the molecule is Cc1cc(C)c(CNC(=O)Cc2csc(-c3ncn[nH]3)n2)c(C)c1. The van der Waals surface area contributed by atoms with Gasteiger partial charge in [-0.1, -0.05) is 17.7 Å². The van der Waals surface area contributed by atoms with Crippen molar-refractivity contribution in [2.75, 3.05) is 0 Å². The molecular formula is C17H19N5OS. The molecule has 6 nitrogen and oxygen atoms in total. The summed E-state index contributed by atoms with van der Waals surface area (Å²) >= 11 is 1.45. The van der Waals surface area contributed by atoms with Crippen molar-refractivity contribution in [1.82, 2.24) is 25.5 Å². The molecule has 24 heavy (non-hydrogen) atoms. The Morgan fingerprint density at radius 2 is 2.00 bits per heavy atom. The number of thiazole rings is 1. The van der Waals surface area contributed by atoms with E-state index in [4.69, 9.17) is 0 Å². The Balaban J connectivity index is 1.61. The van der Waals surface area contributed by atoms with Crippen LogP contribution in [0.25, 0.3) is 10.8 Å². The van der Waals surface area contributed by atoms with Crippen molar-refractivity contribution in [3.05, 3.63) is 51.8 Å². The van der Waals surface area contributed by atoms with Crippen molar-refractivity contribution >= 4 is 17.2 Å². The first-order valence-corrected chi connectivity index (χ1v) is 8.54. The predicted octanol–water partition coefficient (Wildman–Crippen LogP) is 2.71. The third-order valence-corrected chi connectivity index (χ3v) is 4.71. The monoisotopic (exact) mass is 341 g/mol. The molecule has 7 heteroatoms. The molecule has 2 N–H and O–H groups in total. The Morgan fingerprint density at radius 3 is 2.67 bits per heavy atom. The van der Waals surface area contributed by atoms with Gasteiger partial charge in [-0.25, -0.2) is 9.97 Å². The second-order valence-corrected chi connectivity index (χ2v) is 6.67. The van der Waals surface area contributed by atoms with Crippen LogP contribution in [-0.2, 0) is 17.8 Å². The van der Waals surface area contributed by atoms with E-state index in [1.807, 2.05) is 5.38 Å². The van der Waals surface area contributed by atoms with Gasteiger partial charge in [0.1, 0.15) is 6.33 Å². The van der Waals surface area contributed by atoms with Gasteiger partial charge in [0.25, 0.3) is 0 Å². The fraction of sp³-hybridized carbons (Fsp3) is 0.294. The third-order valence-electron chi connectivity index (χ3n) is 3.81. The van der Waals surface area contributed by atoms with E-state index in [-0.39, 0.29) is 12.3 Å². The number of aryl methyl sites for hydroxylation is 3. The highest BCUT2D eigenvalue weighted by Crippen LogP contribution is 2.20. The largest absolute Gasteiger partial charge is 0.352 e. The fourth-order valence-corrected chi connectivity index (χ4v) is 3.47. The molecule has 124 valence electrons. The quantitative estimate of drug-likeness (QED) is 0.747. The number of hydrogen-bond donors (Lipinski definition) is 2. The number of amides is 1. The van der Waals surface area contributed by atoms with Gasteiger partial charge in [0.2, 0.25) is 5.91 Å². The average molecular weight is 341 g/mol. The normalized spacial score (nSPS) is 10.8. The van der Waals surface area contributed by atoms with E-state index in [0.717, 1.165) is 10.7 Å². The zero-order valence-electron chi connectivity index (χ0n) is 13.9. The molecule has 0 bridgehead atoms. The summed E-state index contributed by atoms with van der Waals surface area (Å²) in [6, 6.07) is 4.27. The van der Waals surface area contributed by atoms with Crippen molar-refractivity contribution in [3.63, 3.8) is 0 Å². The molecule has 2 heterocycles. The Hall–Kier alpha value is -2.54. The van der Waals surface area contributed by atoms with E-state index < -0.39 is 0 Å². The molecule has 0 aliphatic rings. The van der Waals surface area contributed by atoms with Crippen LogP contribution in [0.2, 0.25) is 0 Å². The summed E-state index contributed by atoms with van der Waals surface area (Å²) in [7, 11) is 0. The highest BCUT2D eigenvalue weighted by molar-refractivity contribution is 7.13. The van der Waals surface area contributed by atoms with Crippen molar-refractivity contribution in [2.24, 2.45) is 0 Å². The van der Waals surface area contributed by atoms with E-state index >= 15 is 0 Å². The van der Waals surface area contributed by atoms with E-state index in [9.17, 15) is 4.79 Å². The van der Waals surface area contributed by atoms with Gasteiger partial charge >= 0.3 is 0 Å². The Kier molecular flexibility index (Phi) is 4.71. The number of aromatic nitrogens is 4. The van der Waals surface area contributed by atoms with Crippen molar-refractivity contribution in [1.29, 1.82) is 0 Å². The number of carbonyl (C=O) groups excluding carboxylic acids is 1. The molecule has 0 spiro atoms. The summed E-state index contributed by atoms with van der Waals surface area (Å²) in [6.45, 7) is 6.77. The summed E-state index contributed by atoms with van der Waals surface area (Å²) < 4.78 is 0. The van der Waals surface area contributed by atoms with Crippen molar-refractivity contribution < 1.29 is 4.79 Å². The molecule has 0 unspecified atom stereocenters. The second-order valence-electron chi connectivity index (χ2n) is 5.81. The van der Waals surface area contributed by atoms with Gasteiger partial charge in [0.05, 0.1) is 12.1 Å². The van der Waals surface area contributed by atoms with Crippen LogP contribution in [0.1, 0.15) is 27.9 Å². The molecule has 3 rings (SSSR count). The molecule has 0 saturated heterocycles. The first-order chi connectivity index (χ1) is 11.5. The van der Waals surface area contributed by atoms with Gasteiger partial charge in [0.15, 0.2) is 10.8 Å². The van der Waals surface area contributed by atoms with Crippen LogP contribution in [-0.4, -0.2) is 26.1 Å². The topological polar surface area (TPSA) is 83.6 Å². The van der Waals surface area contributed by atoms with Crippen LogP contribution in [0.4, 0.5) is 0 Å². The Labute approximate surface area is 144 Å². The lowest BCUT2D eigenvalue weighted by Crippen LogP contribution is -2.25. The van der Waals surface area contributed by atoms with E-state index in [1.165, 1.54) is 39.9 Å².